The molecule has 0 saturated heterocycles. The molecule has 6 nitrogen and oxygen atoms in total. The molecule has 2 aromatic carbocycles. The van der Waals surface area contributed by atoms with Gasteiger partial charge in [0.15, 0.2) is 0 Å². The first kappa shape index (κ1) is 23.4. The molecule has 2 N–H and O–H groups in total. The number of aromatic nitrogens is 1. The second kappa shape index (κ2) is 9.36. The van der Waals surface area contributed by atoms with Crippen molar-refractivity contribution in [3.05, 3.63) is 64.6 Å². The quantitative estimate of drug-likeness (QED) is 0.543. The molecule has 2 aliphatic carbocycles. The maximum Gasteiger partial charge on any atom is 0.326 e. The highest BCUT2D eigenvalue weighted by Crippen LogP contribution is 2.37. The molecular weight excluding hydrogens is 447 g/mol. The number of carboxylic acid groups (broad SMARTS) is 1. The van der Waals surface area contributed by atoms with Crippen LogP contribution >= 0.6 is 0 Å². The number of carboxylic acids is 1. The number of methoxy groups -OCH3 is 1. The lowest BCUT2D eigenvalue weighted by Crippen LogP contribution is -2.43. The molecule has 0 aliphatic heterocycles. The number of halogens is 1. The molecule has 184 valence electrons. The first-order valence-corrected chi connectivity index (χ1v) is 12.4. The summed E-state index contributed by atoms with van der Waals surface area (Å²) in [4.78, 5) is 25.2. The highest BCUT2D eigenvalue weighted by molar-refractivity contribution is 5.88. The summed E-state index contributed by atoms with van der Waals surface area (Å²) in [6.07, 6.45) is 4.67. The van der Waals surface area contributed by atoms with Crippen molar-refractivity contribution in [3.63, 3.8) is 0 Å². The second-order valence-corrected chi connectivity index (χ2v) is 9.70. The molecule has 1 amide bonds. The molecule has 2 aliphatic rings. The van der Waals surface area contributed by atoms with Crippen molar-refractivity contribution in [2.75, 3.05) is 7.11 Å². The van der Waals surface area contributed by atoms with E-state index in [2.05, 4.69) is 11.4 Å². The van der Waals surface area contributed by atoms with Crippen LogP contribution in [-0.4, -0.2) is 34.7 Å². The summed E-state index contributed by atoms with van der Waals surface area (Å²) in [7, 11) is 1.66. The second-order valence-electron chi connectivity index (χ2n) is 9.70. The lowest BCUT2D eigenvalue weighted by molar-refractivity contribution is -0.141. The molecule has 0 spiro atoms. The van der Waals surface area contributed by atoms with Gasteiger partial charge in [0.05, 0.1) is 7.11 Å². The number of nitrogens with zero attached hydrogens (tertiary/aromatic N) is 1. The summed E-state index contributed by atoms with van der Waals surface area (Å²) in [6.45, 7) is 1.85. The largest absolute Gasteiger partial charge is 0.496 e. The van der Waals surface area contributed by atoms with Gasteiger partial charge in [-0.05, 0) is 85.9 Å². The van der Waals surface area contributed by atoms with Crippen LogP contribution in [0.15, 0.2) is 36.4 Å². The van der Waals surface area contributed by atoms with Gasteiger partial charge in [0.1, 0.15) is 17.6 Å². The fourth-order valence-corrected chi connectivity index (χ4v) is 6.00. The predicted octanol–water partition coefficient (Wildman–Crippen LogP) is 4.60. The Morgan fingerprint density at radius 2 is 2.00 bits per heavy atom. The third-order valence-electron chi connectivity index (χ3n) is 7.73. The third-order valence-corrected chi connectivity index (χ3v) is 7.73. The Labute approximate surface area is 204 Å². The van der Waals surface area contributed by atoms with E-state index in [0.717, 1.165) is 52.7 Å². The van der Waals surface area contributed by atoms with Gasteiger partial charge in [0.25, 0.3) is 0 Å². The van der Waals surface area contributed by atoms with Crippen LogP contribution in [0, 0.1) is 11.7 Å². The van der Waals surface area contributed by atoms with E-state index in [1.165, 1.54) is 17.7 Å². The first-order valence-electron chi connectivity index (χ1n) is 12.4. The van der Waals surface area contributed by atoms with Crippen LogP contribution in [0.1, 0.15) is 54.6 Å². The van der Waals surface area contributed by atoms with Gasteiger partial charge in [-0.2, -0.15) is 0 Å². The Kier molecular flexibility index (Phi) is 6.26. The van der Waals surface area contributed by atoms with Gasteiger partial charge in [-0.25, -0.2) is 9.18 Å². The Balaban J connectivity index is 1.39. The van der Waals surface area contributed by atoms with Gasteiger partial charge >= 0.3 is 5.97 Å². The Morgan fingerprint density at radius 3 is 2.74 bits per heavy atom. The SMILES string of the molecule is CCC(C(=O)O)n1c2c(c3cc(F)ccc31)C[C@@H](NC(=O)C1CCc3cccc(OC)c3C1)CC2. The number of carbonyl (C=O) groups is 2. The van der Waals surface area contributed by atoms with Crippen LogP contribution in [0.5, 0.6) is 5.75 Å². The van der Waals surface area contributed by atoms with Gasteiger partial charge in [0.2, 0.25) is 5.91 Å². The van der Waals surface area contributed by atoms with Crippen molar-refractivity contribution in [3.8, 4) is 5.75 Å². The Hall–Kier alpha value is -3.35. The van der Waals surface area contributed by atoms with Crippen LogP contribution in [0.2, 0.25) is 0 Å². The molecule has 7 heteroatoms. The zero-order valence-corrected chi connectivity index (χ0v) is 20.1. The van der Waals surface area contributed by atoms with Crippen molar-refractivity contribution in [1.82, 2.24) is 9.88 Å². The van der Waals surface area contributed by atoms with Crippen molar-refractivity contribution >= 4 is 22.8 Å². The molecule has 0 saturated carbocycles. The third kappa shape index (κ3) is 4.17. The highest BCUT2D eigenvalue weighted by Gasteiger charge is 2.33. The molecule has 1 aromatic heterocycles. The zero-order chi connectivity index (χ0) is 24.7. The highest BCUT2D eigenvalue weighted by atomic mass is 19.1. The summed E-state index contributed by atoms with van der Waals surface area (Å²) < 4.78 is 21.6. The molecular formula is C28H31FN2O4. The fraction of sp³-hybridized carbons (Fsp3) is 0.429. The molecule has 0 bridgehead atoms. The van der Waals surface area contributed by atoms with E-state index in [1.807, 2.05) is 23.6 Å². The lowest BCUT2D eigenvalue weighted by atomic mass is 9.82. The summed E-state index contributed by atoms with van der Waals surface area (Å²) in [5.74, 6) is -0.472. The van der Waals surface area contributed by atoms with Crippen molar-refractivity contribution < 1.29 is 23.8 Å². The number of aliphatic carboxylic acids is 1. The van der Waals surface area contributed by atoms with Gasteiger partial charge in [-0.3, -0.25) is 4.79 Å². The van der Waals surface area contributed by atoms with Gasteiger partial charge in [-0.1, -0.05) is 19.1 Å². The van der Waals surface area contributed by atoms with Crippen molar-refractivity contribution in [2.45, 2.75) is 64.0 Å². The number of ether oxygens (including phenoxy) is 1. The van der Waals surface area contributed by atoms with Crippen LogP contribution in [0.4, 0.5) is 4.39 Å². The Bertz CT molecular complexity index is 1280. The van der Waals surface area contributed by atoms with E-state index in [1.54, 1.807) is 13.2 Å². The van der Waals surface area contributed by atoms with E-state index < -0.39 is 12.0 Å². The maximum atomic E-state index is 14.2. The average Bonchev–Trinajstić information content (AvgIpc) is 3.16. The van der Waals surface area contributed by atoms with Crippen LogP contribution in [0.3, 0.4) is 0 Å². The van der Waals surface area contributed by atoms with E-state index in [4.69, 9.17) is 4.74 Å². The molecule has 0 fully saturated rings. The van der Waals surface area contributed by atoms with Gasteiger partial charge in [-0.15, -0.1) is 0 Å². The van der Waals surface area contributed by atoms with E-state index >= 15 is 0 Å². The lowest BCUT2D eigenvalue weighted by Gasteiger charge is -2.30. The van der Waals surface area contributed by atoms with Crippen LogP contribution in [0.25, 0.3) is 10.9 Å². The van der Waals surface area contributed by atoms with Gasteiger partial charge in [0, 0.05) is 28.6 Å². The summed E-state index contributed by atoms with van der Waals surface area (Å²) in [5, 5.41) is 13.8. The number of amides is 1. The van der Waals surface area contributed by atoms with Crippen molar-refractivity contribution in [2.24, 2.45) is 5.92 Å². The molecule has 1 heterocycles. The smallest absolute Gasteiger partial charge is 0.326 e. The van der Waals surface area contributed by atoms with Gasteiger partial charge < -0.3 is 19.7 Å². The molecule has 0 radical (unpaired) electrons. The summed E-state index contributed by atoms with van der Waals surface area (Å²) in [6, 6.07) is 9.82. The molecule has 35 heavy (non-hydrogen) atoms. The number of aryl methyl sites for hydroxylation is 1. The number of fused-ring (bicyclic) bond motifs is 4. The Morgan fingerprint density at radius 1 is 1.17 bits per heavy atom. The van der Waals surface area contributed by atoms with Crippen LogP contribution in [-0.2, 0) is 35.3 Å². The normalized spacial score (nSPS) is 20.1. The number of hydrogen-bond acceptors (Lipinski definition) is 3. The average molecular weight is 479 g/mol. The predicted molar refractivity (Wildman–Crippen MR) is 131 cm³/mol. The number of nitrogens with one attached hydrogen (secondary N) is 1. The maximum absolute atomic E-state index is 14.2. The van der Waals surface area contributed by atoms with Crippen LogP contribution < -0.4 is 10.1 Å². The summed E-state index contributed by atoms with van der Waals surface area (Å²) >= 11 is 0. The molecule has 3 atom stereocenters. The number of rotatable bonds is 6. The molecule has 3 aromatic rings. The van der Waals surface area contributed by atoms with E-state index in [-0.39, 0.29) is 23.7 Å². The van der Waals surface area contributed by atoms with E-state index in [0.29, 0.717) is 25.7 Å². The minimum atomic E-state index is -0.889. The van der Waals surface area contributed by atoms with Crippen molar-refractivity contribution in [1.29, 1.82) is 0 Å². The minimum absolute atomic E-state index is 0.0434. The summed E-state index contributed by atoms with van der Waals surface area (Å²) in [5.41, 5.74) is 5.00. The fourth-order valence-electron chi connectivity index (χ4n) is 6.00. The number of hydrogen-bond donors (Lipinski definition) is 2. The number of carbonyl (C=O) groups excluding carboxylic acids is 1. The monoisotopic (exact) mass is 478 g/mol. The molecule has 5 rings (SSSR count). The number of benzene rings is 2. The first-order chi connectivity index (χ1) is 16.9. The topological polar surface area (TPSA) is 80.6 Å². The zero-order valence-electron chi connectivity index (χ0n) is 20.1. The molecule has 2 unspecified atom stereocenters. The standard InChI is InChI=1S/C28H31FN2O4/c1-3-23(28(33)34)31-24-11-9-18(29)14-21(24)22-15-19(10-12-25(22)31)30-27(32)17-8-7-16-5-4-6-26(35-2)20(16)13-17/h4-6,9,11,14,17,19,23H,3,7-8,10,12-13,15H2,1-2H3,(H,30,32)(H,33,34)/t17?,19-,23?/m0/s1. The minimum Gasteiger partial charge on any atom is -0.496 e. The van der Waals surface area contributed by atoms with E-state index in [9.17, 15) is 19.1 Å².